The van der Waals surface area contributed by atoms with Crippen molar-refractivity contribution in [2.45, 2.75) is 32.7 Å². The van der Waals surface area contributed by atoms with E-state index in [1.165, 1.54) is 0 Å². The first-order chi connectivity index (χ1) is 9.99. The van der Waals surface area contributed by atoms with Crippen molar-refractivity contribution in [2.24, 2.45) is 0 Å². The van der Waals surface area contributed by atoms with Crippen molar-refractivity contribution in [3.63, 3.8) is 0 Å². The number of nitrogen functional groups attached to an aromatic ring is 1. The van der Waals surface area contributed by atoms with Gasteiger partial charge >= 0.3 is 0 Å². The summed E-state index contributed by atoms with van der Waals surface area (Å²) in [7, 11) is 0. The summed E-state index contributed by atoms with van der Waals surface area (Å²) in [5.41, 5.74) is 6.45. The molecule has 3 amide bonds. The molecule has 0 radical (unpaired) electrons. The monoisotopic (exact) mass is 289 g/mol. The maximum Gasteiger partial charge on any atom is 0.264 e. The molecular weight excluding hydrogens is 270 g/mol. The van der Waals surface area contributed by atoms with Crippen LogP contribution in [0, 0.1) is 0 Å². The lowest BCUT2D eigenvalue weighted by atomic mass is 10.1. The molecule has 1 aromatic rings. The predicted octanol–water partition coefficient (Wildman–Crippen LogP) is 1.17. The van der Waals surface area contributed by atoms with Crippen LogP contribution in [0.3, 0.4) is 0 Å². The zero-order valence-electron chi connectivity index (χ0n) is 12.2. The number of hydrogen-bond acceptors (Lipinski definition) is 4. The molecule has 0 spiro atoms. The van der Waals surface area contributed by atoms with Crippen LogP contribution in [0.1, 0.15) is 47.4 Å². The highest BCUT2D eigenvalue weighted by Crippen LogP contribution is 2.27. The normalized spacial score (nSPS) is 13.8. The molecule has 21 heavy (non-hydrogen) atoms. The number of imide groups is 1. The first kappa shape index (κ1) is 15.0. The van der Waals surface area contributed by atoms with Crippen LogP contribution in [0.2, 0.25) is 0 Å². The Bertz CT molecular complexity index is 594. The van der Waals surface area contributed by atoms with Gasteiger partial charge in [-0.15, -0.1) is 0 Å². The maximum atomic E-state index is 12.2. The fourth-order valence-electron chi connectivity index (χ4n) is 2.41. The molecule has 0 fully saturated rings. The number of nitrogens with zero attached hydrogens (tertiary/aromatic N) is 1. The van der Waals surface area contributed by atoms with Crippen LogP contribution < -0.4 is 11.1 Å². The van der Waals surface area contributed by atoms with Crippen LogP contribution in [0.25, 0.3) is 0 Å². The van der Waals surface area contributed by atoms with Crippen molar-refractivity contribution in [1.29, 1.82) is 0 Å². The van der Waals surface area contributed by atoms with Gasteiger partial charge < -0.3 is 11.1 Å². The number of benzene rings is 1. The number of hydrogen-bond donors (Lipinski definition) is 2. The van der Waals surface area contributed by atoms with Gasteiger partial charge in [-0.05, 0) is 25.0 Å². The predicted molar refractivity (Wildman–Crippen MR) is 78.7 cm³/mol. The maximum absolute atomic E-state index is 12.2. The molecular formula is C15H19N3O3. The summed E-state index contributed by atoms with van der Waals surface area (Å²) in [4.78, 5) is 37.3. The second kappa shape index (κ2) is 5.95. The Morgan fingerprint density at radius 2 is 1.90 bits per heavy atom. The summed E-state index contributed by atoms with van der Waals surface area (Å²) in [5, 5.41) is 2.81. The van der Waals surface area contributed by atoms with Crippen LogP contribution in [0.4, 0.5) is 5.69 Å². The first-order valence-electron chi connectivity index (χ1n) is 7.03. The van der Waals surface area contributed by atoms with Crippen molar-refractivity contribution in [3.05, 3.63) is 29.3 Å². The van der Waals surface area contributed by atoms with Crippen LogP contribution in [-0.4, -0.2) is 35.2 Å². The van der Waals surface area contributed by atoms with E-state index in [4.69, 9.17) is 5.73 Å². The molecule has 2 rings (SSSR count). The molecule has 112 valence electrons. The van der Waals surface area contributed by atoms with E-state index in [1.807, 2.05) is 13.8 Å². The van der Waals surface area contributed by atoms with Crippen LogP contribution >= 0.6 is 0 Å². The van der Waals surface area contributed by atoms with Gasteiger partial charge in [-0.25, -0.2) is 0 Å². The van der Waals surface area contributed by atoms with E-state index < -0.39 is 11.8 Å². The van der Waals surface area contributed by atoms with Gasteiger partial charge in [-0.1, -0.05) is 19.9 Å². The smallest absolute Gasteiger partial charge is 0.264 e. The van der Waals surface area contributed by atoms with Crippen LogP contribution in [0.15, 0.2) is 18.2 Å². The Hall–Kier alpha value is -2.37. The number of carbonyl (C=O) groups is 3. The fraction of sp³-hybridized carbons (Fsp3) is 0.400. The van der Waals surface area contributed by atoms with E-state index in [0.717, 1.165) is 17.7 Å². The van der Waals surface area contributed by atoms with Crippen LogP contribution in [-0.2, 0) is 4.79 Å². The quantitative estimate of drug-likeness (QED) is 0.628. The Kier molecular flexibility index (Phi) is 4.26. The average Bonchev–Trinajstić information content (AvgIpc) is 2.71. The number of anilines is 1. The zero-order chi connectivity index (χ0) is 15.6. The van der Waals surface area contributed by atoms with E-state index >= 15 is 0 Å². The topological polar surface area (TPSA) is 92.5 Å². The zero-order valence-corrected chi connectivity index (χ0v) is 12.2. The van der Waals surface area contributed by atoms with Gasteiger partial charge in [0, 0.05) is 11.7 Å². The summed E-state index contributed by atoms with van der Waals surface area (Å²) < 4.78 is 0. The second-order valence-electron chi connectivity index (χ2n) is 5.05. The lowest BCUT2D eigenvalue weighted by Crippen LogP contribution is -2.43. The molecule has 0 aromatic heterocycles. The number of amides is 3. The fourth-order valence-corrected chi connectivity index (χ4v) is 2.41. The number of nitrogens with two attached hydrogens (primary N) is 1. The summed E-state index contributed by atoms with van der Waals surface area (Å²) in [5.74, 6) is -1.31. The molecule has 3 N–H and O–H groups in total. The molecule has 0 atom stereocenters. The summed E-state index contributed by atoms with van der Waals surface area (Å²) >= 11 is 0. The third kappa shape index (κ3) is 2.74. The van der Waals surface area contributed by atoms with Gasteiger partial charge in [0.2, 0.25) is 5.91 Å². The van der Waals surface area contributed by atoms with Gasteiger partial charge in [0.05, 0.1) is 11.1 Å². The van der Waals surface area contributed by atoms with Gasteiger partial charge in [0.25, 0.3) is 11.8 Å². The molecule has 0 saturated heterocycles. The third-order valence-corrected chi connectivity index (χ3v) is 3.68. The highest BCUT2D eigenvalue weighted by molar-refractivity contribution is 6.24. The third-order valence-electron chi connectivity index (χ3n) is 3.68. The highest BCUT2D eigenvalue weighted by atomic mass is 16.2. The van der Waals surface area contributed by atoms with E-state index in [2.05, 4.69) is 5.32 Å². The van der Waals surface area contributed by atoms with Crippen molar-refractivity contribution in [3.8, 4) is 0 Å². The van der Waals surface area contributed by atoms with Crippen molar-refractivity contribution in [2.75, 3.05) is 12.3 Å². The highest BCUT2D eigenvalue weighted by Gasteiger charge is 2.38. The summed E-state index contributed by atoms with van der Waals surface area (Å²) in [6.07, 6.45) is 1.61. The second-order valence-corrected chi connectivity index (χ2v) is 5.05. The Balaban J connectivity index is 2.14. The molecule has 6 heteroatoms. The van der Waals surface area contributed by atoms with Crippen LogP contribution in [0.5, 0.6) is 0 Å². The van der Waals surface area contributed by atoms with Crippen molar-refractivity contribution in [1.82, 2.24) is 10.2 Å². The van der Waals surface area contributed by atoms with E-state index in [0.29, 0.717) is 0 Å². The van der Waals surface area contributed by atoms with Gasteiger partial charge in [0.1, 0.15) is 6.54 Å². The minimum absolute atomic E-state index is 0.0535. The van der Waals surface area contributed by atoms with Gasteiger partial charge in [-0.3, -0.25) is 19.3 Å². The average molecular weight is 289 g/mol. The molecule has 6 nitrogen and oxygen atoms in total. The Morgan fingerprint density at radius 3 is 2.48 bits per heavy atom. The van der Waals surface area contributed by atoms with Crippen molar-refractivity contribution < 1.29 is 14.4 Å². The molecule has 1 heterocycles. The molecule has 1 aliphatic rings. The Morgan fingerprint density at radius 1 is 1.24 bits per heavy atom. The number of fused-ring (bicyclic) bond motifs is 1. The van der Waals surface area contributed by atoms with E-state index in [-0.39, 0.29) is 35.3 Å². The molecule has 0 bridgehead atoms. The molecule has 1 aromatic carbocycles. The molecule has 0 unspecified atom stereocenters. The van der Waals surface area contributed by atoms with Gasteiger partial charge in [0.15, 0.2) is 0 Å². The van der Waals surface area contributed by atoms with E-state index in [9.17, 15) is 14.4 Å². The standard InChI is InChI=1S/C15H19N3O3/c1-3-9(4-2)17-12(19)8-18-14(20)10-6-5-7-11(16)13(10)15(18)21/h5-7,9H,3-4,8,16H2,1-2H3,(H,17,19). The van der Waals surface area contributed by atoms with E-state index in [1.54, 1.807) is 18.2 Å². The molecule has 0 aliphatic carbocycles. The Labute approximate surface area is 123 Å². The SMILES string of the molecule is CCC(CC)NC(=O)CN1C(=O)c2cccc(N)c2C1=O. The first-order valence-corrected chi connectivity index (χ1v) is 7.03. The number of rotatable bonds is 5. The lowest BCUT2D eigenvalue weighted by molar-refractivity contribution is -0.122. The summed E-state index contributed by atoms with van der Waals surface area (Å²) in [6, 6.07) is 4.79. The van der Waals surface area contributed by atoms with Gasteiger partial charge in [-0.2, -0.15) is 0 Å². The minimum atomic E-state index is -0.507. The molecule has 1 aliphatic heterocycles. The number of nitrogens with one attached hydrogen (secondary N) is 1. The largest absolute Gasteiger partial charge is 0.398 e. The number of carbonyl (C=O) groups excluding carboxylic acids is 3. The van der Waals surface area contributed by atoms with Crippen molar-refractivity contribution >= 4 is 23.4 Å². The summed E-state index contributed by atoms with van der Waals surface area (Å²) in [6.45, 7) is 3.66. The molecule has 0 saturated carbocycles. The lowest BCUT2D eigenvalue weighted by Gasteiger charge is -2.18. The minimum Gasteiger partial charge on any atom is -0.398 e.